The smallest absolute Gasteiger partial charge is 0.250 e. The standard InChI is InChI=1S/C20H26N4O.HI/c1-16-9-12-23(13-10-16)20(21)22-14-17-5-7-18(8-6-17)15-24-11-3-2-4-19(24)25;/h2-8,11,16H,9-10,12-15H2,1H3,(H2,21,22);1H. The Balaban J connectivity index is 0.00000243. The zero-order valence-corrected chi connectivity index (χ0v) is 17.5. The molecule has 0 saturated carbocycles. The van der Waals surface area contributed by atoms with Crippen LogP contribution in [0.1, 0.15) is 30.9 Å². The molecule has 3 rings (SSSR count). The predicted octanol–water partition coefficient (Wildman–Crippen LogP) is 3.06. The highest BCUT2D eigenvalue weighted by molar-refractivity contribution is 14.0. The van der Waals surface area contributed by atoms with Crippen molar-refractivity contribution in [1.82, 2.24) is 9.47 Å². The zero-order valence-electron chi connectivity index (χ0n) is 15.2. The lowest BCUT2D eigenvalue weighted by Crippen LogP contribution is -2.42. The molecule has 6 heteroatoms. The van der Waals surface area contributed by atoms with Crippen molar-refractivity contribution in [3.05, 3.63) is 70.1 Å². The van der Waals surface area contributed by atoms with Crippen molar-refractivity contribution in [3.63, 3.8) is 0 Å². The number of hydrogen-bond donors (Lipinski definition) is 1. The molecule has 5 nitrogen and oxygen atoms in total. The van der Waals surface area contributed by atoms with Gasteiger partial charge in [-0.15, -0.1) is 24.0 Å². The summed E-state index contributed by atoms with van der Waals surface area (Å²) >= 11 is 0. The molecule has 0 aliphatic carbocycles. The van der Waals surface area contributed by atoms with Gasteiger partial charge in [0.05, 0.1) is 13.1 Å². The van der Waals surface area contributed by atoms with Crippen molar-refractivity contribution in [1.29, 1.82) is 0 Å². The number of hydrogen-bond acceptors (Lipinski definition) is 2. The van der Waals surface area contributed by atoms with Crippen LogP contribution in [0.25, 0.3) is 0 Å². The Morgan fingerprint density at radius 3 is 2.42 bits per heavy atom. The van der Waals surface area contributed by atoms with E-state index in [1.165, 1.54) is 12.8 Å². The maximum Gasteiger partial charge on any atom is 0.250 e. The van der Waals surface area contributed by atoms with Gasteiger partial charge >= 0.3 is 0 Å². The van der Waals surface area contributed by atoms with Crippen molar-refractivity contribution in [2.75, 3.05) is 13.1 Å². The van der Waals surface area contributed by atoms with Crippen LogP contribution in [0, 0.1) is 5.92 Å². The first-order chi connectivity index (χ1) is 12.1. The topological polar surface area (TPSA) is 63.6 Å². The summed E-state index contributed by atoms with van der Waals surface area (Å²) in [7, 11) is 0. The van der Waals surface area contributed by atoms with E-state index in [4.69, 9.17) is 5.73 Å². The number of nitrogens with zero attached hydrogens (tertiary/aromatic N) is 3. The second-order valence-electron chi connectivity index (χ2n) is 6.83. The lowest BCUT2D eigenvalue weighted by atomic mass is 10.00. The predicted molar refractivity (Wildman–Crippen MR) is 117 cm³/mol. The van der Waals surface area contributed by atoms with Gasteiger partial charge in [-0.3, -0.25) is 4.79 Å². The van der Waals surface area contributed by atoms with Gasteiger partial charge in [0.25, 0.3) is 5.56 Å². The molecule has 1 saturated heterocycles. The van der Waals surface area contributed by atoms with E-state index in [2.05, 4.69) is 28.9 Å². The molecular weight excluding hydrogens is 439 g/mol. The minimum absolute atomic E-state index is 0. The Morgan fingerprint density at radius 1 is 1.12 bits per heavy atom. The molecule has 140 valence electrons. The highest BCUT2D eigenvalue weighted by Crippen LogP contribution is 2.15. The SMILES string of the molecule is CC1CCN(C(N)=NCc2ccc(Cn3ccccc3=O)cc2)CC1.I. The van der Waals surface area contributed by atoms with Gasteiger partial charge in [-0.1, -0.05) is 37.3 Å². The number of aliphatic imine (C=N–C) groups is 1. The van der Waals surface area contributed by atoms with Crippen LogP contribution in [-0.2, 0) is 13.1 Å². The number of guanidine groups is 1. The van der Waals surface area contributed by atoms with Crippen LogP contribution in [0.4, 0.5) is 0 Å². The largest absolute Gasteiger partial charge is 0.370 e. The first kappa shape index (κ1) is 20.5. The van der Waals surface area contributed by atoms with Gasteiger partial charge in [-0.2, -0.15) is 0 Å². The number of nitrogens with two attached hydrogens (primary N) is 1. The average molecular weight is 466 g/mol. The highest BCUT2D eigenvalue weighted by atomic mass is 127. The van der Waals surface area contributed by atoms with Gasteiger partial charge in [0.1, 0.15) is 0 Å². The number of piperidine rings is 1. The average Bonchev–Trinajstić information content (AvgIpc) is 2.63. The molecule has 2 N–H and O–H groups in total. The summed E-state index contributed by atoms with van der Waals surface area (Å²) in [6, 6.07) is 13.4. The van der Waals surface area contributed by atoms with Gasteiger partial charge in [0.15, 0.2) is 5.96 Å². The van der Waals surface area contributed by atoms with E-state index in [0.717, 1.165) is 30.1 Å². The third-order valence-corrected chi connectivity index (χ3v) is 4.81. The summed E-state index contributed by atoms with van der Waals surface area (Å²) in [6.07, 6.45) is 4.17. The number of likely N-dealkylation sites (tertiary alicyclic amines) is 1. The lowest BCUT2D eigenvalue weighted by molar-refractivity contribution is 0.277. The van der Waals surface area contributed by atoms with Crippen molar-refractivity contribution in [2.24, 2.45) is 16.6 Å². The summed E-state index contributed by atoms with van der Waals surface area (Å²) in [5.74, 6) is 1.43. The molecule has 2 heterocycles. The Hall–Kier alpha value is -1.83. The summed E-state index contributed by atoms with van der Waals surface area (Å²) < 4.78 is 1.70. The van der Waals surface area contributed by atoms with E-state index in [-0.39, 0.29) is 29.5 Å². The molecule has 2 aromatic rings. The molecule has 1 aromatic carbocycles. The number of rotatable bonds is 4. The van der Waals surface area contributed by atoms with Gasteiger partial charge < -0.3 is 15.2 Å². The fraction of sp³-hybridized carbons (Fsp3) is 0.400. The molecule has 1 aromatic heterocycles. The van der Waals surface area contributed by atoms with Crippen LogP contribution in [0.2, 0.25) is 0 Å². The van der Waals surface area contributed by atoms with Gasteiger partial charge in [0.2, 0.25) is 0 Å². The summed E-state index contributed by atoms with van der Waals surface area (Å²) in [5, 5.41) is 0. The van der Waals surface area contributed by atoms with Crippen LogP contribution < -0.4 is 11.3 Å². The Bertz CT molecular complexity index is 777. The van der Waals surface area contributed by atoms with E-state index < -0.39 is 0 Å². The fourth-order valence-electron chi connectivity index (χ4n) is 3.05. The van der Waals surface area contributed by atoms with Crippen LogP contribution in [0.5, 0.6) is 0 Å². The fourth-order valence-corrected chi connectivity index (χ4v) is 3.05. The monoisotopic (exact) mass is 466 g/mol. The molecule has 1 aliphatic rings. The number of aromatic nitrogens is 1. The molecule has 0 amide bonds. The van der Waals surface area contributed by atoms with E-state index in [1.807, 2.05) is 18.2 Å². The Labute approximate surface area is 171 Å². The first-order valence-electron chi connectivity index (χ1n) is 8.90. The van der Waals surface area contributed by atoms with E-state index in [1.54, 1.807) is 22.9 Å². The van der Waals surface area contributed by atoms with Crippen LogP contribution in [0.3, 0.4) is 0 Å². The summed E-state index contributed by atoms with van der Waals surface area (Å²) in [5.41, 5.74) is 8.36. The zero-order chi connectivity index (χ0) is 17.6. The van der Waals surface area contributed by atoms with Crippen LogP contribution in [0.15, 0.2) is 58.4 Å². The van der Waals surface area contributed by atoms with E-state index >= 15 is 0 Å². The number of halogens is 1. The Morgan fingerprint density at radius 2 is 1.77 bits per heavy atom. The molecule has 0 radical (unpaired) electrons. The van der Waals surface area contributed by atoms with E-state index in [0.29, 0.717) is 19.0 Å². The minimum atomic E-state index is 0. The van der Waals surface area contributed by atoms with Crippen LogP contribution in [-0.4, -0.2) is 28.5 Å². The number of pyridine rings is 1. The summed E-state index contributed by atoms with van der Waals surface area (Å²) in [6.45, 7) is 5.46. The third kappa shape index (κ3) is 5.59. The van der Waals surface area contributed by atoms with Crippen molar-refractivity contribution in [2.45, 2.75) is 32.9 Å². The van der Waals surface area contributed by atoms with Gasteiger partial charge in [-0.05, 0) is 36.0 Å². The third-order valence-electron chi connectivity index (χ3n) is 4.81. The van der Waals surface area contributed by atoms with Crippen LogP contribution >= 0.6 is 24.0 Å². The maximum absolute atomic E-state index is 11.8. The van der Waals surface area contributed by atoms with Crippen molar-refractivity contribution in [3.8, 4) is 0 Å². The second kappa shape index (κ2) is 9.75. The molecular formula is C20H27IN4O. The molecule has 1 fully saturated rings. The molecule has 0 spiro atoms. The summed E-state index contributed by atoms with van der Waals surface area (Å²) in [4.78, 5) is 18.5. The molecule has 0 atom stereocenters. The molecule has 0 unspecified atom stereocenters. The Kier molecular flexibility index (Phi) is 7.68. The van der Waals surface area contributed by atoms with Crippen molar-refractivity contribution >= 4 is 29.9 Å². The van der Waals surface area contributed by atoms with Gasteiger partial charge in [-0.25, -0.2) is 4.99 Å². The number of benzene rings is 1. The normalized spacial score (nSPS) is 15.6. The maximum atomic E-state index is 11.8. The molecule has 0 bridgehead atoms. The molecule has 1 aliphatic heterocycles. The van der Waals surface area contributed by atoms with Gasteiger partial charge in [0, 0.05) is 25.4 Å². The lowest BCUT2D eigenvalue weighted by Gasteiger charge is -2.31. The second-order valence-corrected chi connectivity index (χ2v) is 6.83. The minimum Gasteiger partial charge on any atom is -0.370 e. The first-order valence-corrected chi connectivity index (χ1v) is 8.90. The van der Waals surface area contributed by atoms with E-state index in [9.17, 15) is 4.79 Å². The van der Waals surface area contributed by atoms with Crippen molar-refractivity contribution < 1.29 is 0 Å². The highest BCUT2D eigenvalue weighted by Gasteiger charge is 2.16. The molecule has 26 heavy (non-hydrogen) atoms. The quantitative estimate of drug-likeness (QED) is 0.428.